The lowest BCUT2D eigenvalue weighted by Gasteiger charge is -1.76. The van der Waals surface area contributed by atoms with E-state index in [1.165, 1.54) is 0 Å². The third-order valence-electron chi connectivity index (χ3n) is 0.480. The lowest BCUT2D eigenvalue weighted by molar-refractivity contribution is -0.274. The fraction of sp³-hybridized carbons (Fsp3) is 0. The maximum Gasteiger partial charge on any atom is 0.376 e. The molecule has 44 valence electrons. The largest absolute Gasteiger partial charge is 0.475 e. The Morgan fingerprint density at radius 2 is 2.00 bits per heavy atom. The topological polar surface area (TPSA) is 82.0 Å². The molecule has 4 nitrogen and oxygen atoms in total. The SMILES string of the molecule is [NH3+]C=CC(=O)C(=O)O. The van der Waals surface area contributed by atoms with E-state index < -0.39 is 11.8 Å². The third-order valence-corrected chi connectivity index (χ3v) is 0.480. The van der Waals surface area contributed by atoms with Crippen LogP contribution in [0.3, 0.4) is 0 Å². The number of carboxylic acids is 1. The van der Waals surface area contributed by atoms with E-state index in [-0.39, 0.29) is 0 Å². The Bertz CT molecular complexity index is 138. The Hall–Kier alpha value is -1.16. The smallest absolute Gasteiger partial charge is 0.376 e. The van der Waals surface area contributed by atoms with E-state index in [1.54, 1.807) is 0 Å². The van der Waals surface area contributed by atoms with Crippen molar-refractivity contribution in [2.75, 3.05) is 0 Å². The maximum atomic E-state index is 10.0. The average Bonchev–Trinajstić information content (AvgIpc) is 1.67. The molecule has 0 bridgehead atoms. The summed E-state index contributed by atoms with van der Waals surface area (Å²) >= 11 is 0. The Kier molecular flexibility index (Phi) is 2.50. The highest BCUT2D eigenvalue weighted by molar-refractivity contribution is 6.37. The van der Waals surface area contributed by atoms with Crippen LogP contribution in [0.25, 0.3) is 0 Å². The van der Waals surface area contributed by atoms with Gasteiger partial charge in [-0.25, -0.2) is 4.79 Å². The highest BCUT2D eigenvalue weighted by atomic mass is 16.4. The van der Waals surface area contributed by atoms with E-state index in [9.17, 15) is 9.59 Å². The average molecular weight is 116 g/mol. The van der Waals surface area contributed by atoms with Crippen LogP contribution in [0, 0.1) is 0 Å². The van der Waals surface area contributed by atoms with Gasteiger partial charge in [-0.1, -0.05) is 0 Å². The summed E-state index contributed by atoms with van der Waals surface area (Å²) in [6.45, 7) is 0. The molecule has 0 atom stereocenters. The summed E-state index contributed by atoms with van der Waals surface area (Å²) in [6.07, 6.45) is 2.03. The summed E-state index contributed by atoms with van der Waals surface area (Å²) in [5.41, 5.74) is 3.14. The molecule has 0 aliphatic heterocycles. The molecule has 0 rings (SSSR count). The highest BCUT2D eigenvalue weighted by Gasteiger charge is 2.04. The van der Waals surface area contributed by atoms with Gasteiger partial charge in [0.25, 0.3) is 5.78 Å². The minimum Gasteiger partial charge on any atom is -0.475 e. The monoisotopic (exact) mass is 116 g/mol. The second-order valence-corrected chi connectivity index (χ2v) is 1.07. The number of carboxylic acid groups (broad SMARTS) is 1. The van der Waals surface area contributed by atoms with Gasteiger partial charge in [0, 0.05) is 6.08 Å². The second-order valence-electron chi connectivity index (χ2n) is 1.07. The number of quaternary nitrogens is 1. The lowest BCUT2D eigenvalue weighted by atomic mass is 10.4. The molecule has 0 aromatic carbocycles. The fourth-order valence-electron chi connectivity index (χ4n) is 0.178. The molecule has 8 heavy (non-hydrogen) atoms. The zero-order chi connectivity index (χ0) is 6.57. The summed E-state index contributed by atoms with van der Waals surface area (Å²) in [7, 11) is 0. The molecule has 0 unspecified atom stereocenters. The number of ketones is 1. The van der Waals surface area contributed by atoms with Gasteiger partial charge in [0.1, 0.15) is 0 Å². The van der Waals surface area contributed by atoms with E-state index >= 15 is 0 Å². The van der Waals surface area contributed by atoms with Crippen molar-refractivity contribution in [3.05, 3.63) is 12.3 Å². The predicted octanol–water partition coefficient (Wildman–Crippen LogP) is -1.60. The van der Waals surface area contributed by atoms with Gasteiger partial charge in [-0.2, -0.15) is 0 Å². The Morgan fingerprint density at radius 1 is 1.50 bits per heavy atom. The first kappa shape index (κ1) is 6.84. The van der Waals surface area contributed by atoms with E-state index in [4.69, 9.17) is 5.11 Å². The third kappa shape index (κ3) is 2.09. The summed E-state index contributed by atoms with van der Waals surface area (Å²) in [5, 5.41) is 7.88. The van der Waals surface area contributed by atoms with Crippen molar-refractivity contribution in [2.24, 2.45) is 0 Å². The van der Waals surface area contributed by atoms with Crippen molar-refractivity contribution in [3.63, 3.8) is 0 Å². The van der Waals surface area contributed by atoms with Gasteiger partial charge in [0.2, 0.25) is 0 Å². The molecule has 0 fully saturated rings. The van der Waals surface area contributed by atoms with E-state index in [0.29, 0.717) is 0 Å². The van der Waals surface area contributed by atoms with Crippen molar-refractivity contribution in [1.29, 1.82) is 0 Å². The van der Waals surface area contributed by atoms with Crippen LogP contribution in [0.2, 0.25) is 0 Å². The van der Waals surface area contributed by atoms with Crippen molar-refractivity contribution in [3.8, 4) is 0 Å². The molecule has 0 amide bonds. The summed E-state index contributed by atoms with van der Waals surface area (Å²) in [4.78, 5) is 19.7. The van der Waals surface area contributed by atoms with Crippen molar-refractivity contribution >= 4 is 11.8 Å². The maximum absolute atomic E-state index is 10.0. The molecule has 0 heterocycles. The molecular formula is C4H6NO3+. The molecule has 0 radical (unpaired) electrons. The van der Waals surface area contributed by atoms with Crippen molar-refractivity contribution in [1.82, 2.24) is 0 Å². The van der Waals surface area contributed by atoms with Gasteiger partial charge in [0.15, 0.2) is 0 Å². The van der Waals surface area contributed by atoms with Crippen LogP contribution in [0.5, 0.6) is 0 Å². The first-order valence-electron chi connectivity index (χ1n) is 1.91. The first-order chi connectivity index (χ1) is 3.68. The molecule has 0 spiro atoms. The summed E-state index contributed by atoms with van der Waals surface area (Å²) < 4.78 is 0. The standard InChI is InChI=1S/C4H5NO3/c5-2-1-3(6)4(7)8/h1-2H,5H2,(H,7,8)/p+1. The number of hydrogen-bond acceptors (Lipinski definition) is 2. The molecule has 0 aromatic rings. The number of carbonyl (C=O) groups excluding carboxylic acids is 1. The van der Waals surface area contributed by atoms with E-state index in [0.717, 1.165) is 12.3 Å². The summed E-state index contributed by atoms with van der Waals surface area (Å²) in [5.74, 6) is -2.40. The van der Waals surface area contributed by atoms with Gasteiger partial charge >= 0.3 is 5.97 Å². The predicted molar refractivity (Wildman–Crippen MR) is 24.7 cm³/mol. The summed E-state index contributed by atoms with van der Waals surface area (Å²) in [6, 6.07) is 0. The number of aliphatic carboxylic acids is 1. The van der Waals surface area contributed by atoms with Crippen LogP contribution in [-0.2, 0) is 9.59 Å². The Balaban J connectivity index is 3.85. The van der Waals surface area contributed by atoms with E-state index in [2.05, 4.69) is 5.73 Å². The number of hydrogen-bond donors (Lipinski definition) is 2. The quantitative estimate of drug-likeness (QED) is 0.336. The van der Waals surface area contributed by atoms with Crippen molar-refractivity contribution < 1.29 is 20.4 Å². The zero-order valence-corrected chi connectivity index (χ0v) is 4.13. The van der Waals surface area contributed by atoms with Crippen LogP contribution in [0.1, 0.15) is 0 Å². The second kappa shape index (κ2) is 2.92. The first-order valence-corrected chi connectivity index (χ1v) is 1.91. The van der Waals surface area contributed by atoms with Crippen LogP contribution in [0.4, 0.5) is 0 Å². The van der Waals surface area contributed by atoms with Crippen LogP contribution in [0.15, 0.2) is 12.3 Å². The van der Waals surface area contributed by atoms with Gasteiger partial charge in [-0.05, 0) is 0 Å². The molecule has 0 aliphatic rings. The zero-order valence-electron chi connectivity index (χ0n) is 4.13. The fourth-order valence-corrected chi connectivity index (χ4v) is 0.178. The highest BCUT2D eigenvalue weighted by Crippen LogP contribution is 1.70. The molecule has 0 aliphatic carbocycles. The number of rotatable bonds is 2. The van der Waals surface area contributed by atoms with Crippen molar-refractivity contribution in [2.45, 2.75) is 0 Å². The number of carbonyl (C=O) groups is 2. The molecule has 4 heteroatoms. The Morgan fingerprint density at radius 3 is 2.12 bits per heavy atom. The molecule has 0 saturated carbocycles. The normalized spacial score (nSPS) is 9.62. The Labute approximate surface area is 45.6 Å². The molecule has 0 aromatic heterocycles. The molecule has 4 N–H and O–H groups in total. The van der Waals surface area contributed by atoms with Crippen LogP contribution in [-0.4, -0.2) is 16.9 Å². The molecule has 0 saturated heterocycles. The van der Waals surface area contributed by atoms with Gasteiger partial charge in [-0.3, -0.25) is 4.79 Å². The van der Waals surface area contributed by atoms with Gasteiger partial charge in [0.05, 0.1) is 6.20 Å². The minimum atomic E-state index is -1.45. The van der Waals surface area contributed by atoms with E-state index in [1.807, 2.05) is 0 Å². The van der Waals surface area contributed by atoms with Crippen LogP contribution < -0.4 is 5.73 Å². The van der Waals surface area contributed by atoms with Gasteiger partial charge < -0.3 is 10.8 Å². The minimum absolute atomic E-state index is 0.891. The molecular weight excluding hydrogens is 110 g/mol. The van der Waals surface area contributed by atoms with Crippen LogP contribution >= 0.6 is 0 Å². The lowest BCUT2D eigenvalue weighted by Crippen LogP contribution is -2.39. The van der Waals surface area contributed by atoms with Gasteiger partial charge in [-0.15, -0.1) is 0 Å².